The number of aromatic nitrogens is 1. The van der Waals surface area contributed by atoms with E-state index in [0.717, 1.165) is 5.69 Å². The van der Waals surface area contributed by atoms with Crippen molar-refractivity contribution < 1.29 is 13.9 Å². The molecule has 0 radical (unpaired) electrons. The van der Waals surface area contributed by atoms with Gasteiger partial charge in [0.2, 0.25) is 0 Å². The largest absolute Gasteiger partial charge is 0.462 e. The summed E-state index contributed by atoms with van der Waals surface area (Å²) in [7, 11) is 0. The van der Waals surface area contributed by atoms with Crippen LogP contribution in [0.2, 0.25) is 0 Å². The predicted octanol–water partition coefficient (Wildman–Crippen LogP) is 4.29. The van der Waals surface area contributed by atoms with Crippen LogP contribution in [0.25, 0.3) is 10.9 Å². The van der Waals surface area contributed by atoms with Crippen LogP contribution in [0.3, 0.4) is 0 Å². The first-order chi connectivity index (χ1) is 11.2. The maximum atomic E-state index is 13.4. The van der Waals surface area contributed by atoms with Crippen LogP contribution < -0.4 is 5.32 Å². The Morgan fingerprint density at radius 2 is 2.00 bits per heavy atom. The Morgan fingerprint density at radius 3 is 2.74 bits per heavy atom. The number of esters is 1. The average Bonchev–Trinajstić information content (AvgIpc) is 2.56. The minimum absolute atomic E-state index is 0.269. The van der Waals surface area contributed by atoms with E-state index in [-0.39, 0.29) is 12.4 Å². The second kappa shape index (κ2) is 6.44. The molecule has 3 rings (SSSR count). The highest BCUT2D eigenvalue weighted by Gasteiger charge is 2.17. The van der Waals surface area contributed by atoms with Crippen LogP contribution in [0.5, 0.6) is 0 Å². The third-order valence-electron chi connectivity index (χ3n) is 3.37. The number of rotatable bonds is 4. The molecular formula is C18H15FN2O2. The van der Waals surface area contributed by atoms with Crippen molar-refractivity contribution in [1.29, 1.82) is 0 Å². The van der Waals surface area contributed by atoms with Crippen LogP contribution in [-0.2, 0) is 4.74 Å². The van der Waals surface area contributed by atoms with Gasteiger partial charge in [-0.15, -0.1) is 0 Å². The average molecular weight is 310 g/mol. The lowest BCUT2D eigenvalue weighted by molar-refractivity contribution is 0.0527. The second-order valence-corrected chi connectivity index (χ2v) is 4.92. The van der Waals surface area contributed by atoms with Gasteiger partial charge in [-0.2, -0.15) is 0 Å². The first kappa shape index (κ1) is 15.0. The number of anilines is 2. The number of benzene rings is 2. The van der Waals surface area contributed by atoms with Crippen molar-refractivity contribution in [3.05, 3.63) is 66.1 Å². The summed E-state index contributed by atoms with van der Waals surface area (Å²) < 4.78 is 18.5. The fraction of sp³-hybridized carbons (Fsp3) is 0.111. The van der Waals surface area contributed by atoms with Crippen LogP contribution in [0.15, 0.2) is 54.7 Å². The van der Waals surface area contributed by atoms with Gasteiger partial charge >= 0.3 is 5.97 Å². The molecule has 0 amide bonds. The normalized spacial score (nSPS) is 10.5. The zero-order valence-corrected chi connectivity index (χ0v) is 12.5. The molecule has 0 atom stereocenters. The summed E-state index contributed by atoms with van der Waals surface area (Å²) in [6.45, 7) is 2.01. The van der Waals surface area contributed by atoms with Gasteiger partial charge in [-0.1, -0.05) is 18.2 Å². The van der Waals surface area contributed by atoms with Crippen LogP contribution in [-0.4, -0.2) is 17.6 Å². The molecule has 2 aromatic carbocycles. The molecule has 0 saturated heterocycles. The molecule has 0 unspecified atom stereocenters. The van der Waals surface area contributed by atoms with Gasteiger partial charge in [0.25, 0.3) is 0 Å². The van der Waals surface area contributed by atoms with Gasteiger partial charge in [0, 0.05) is 23.3 Å². The number of pyridine rings is 1. The first-order valence-electron chi connectivity index (χ1n) is 7.26. The summed E-state index contributed by atoms with van der Waals surface area (Å²) in [6.07, 6.45) is 1.41. The molecule has 1 aromatic heterocycles. The summed E-state index contributed by atoms with van der Waals surface area (Å²) in [6, 6.07) is 13.7. The van der Waals surface area contributed by atoms with E-state index < -0.39 is 5.97 Å². The summed E-state index contributed by atoms with van der Waals surface area (Å²) in [5, 5.41) is 3.86. The third-order valence-corrected chi connectivity index (χ3v) is 3.37. The summed E-state index contributed by atoms with van der Waals surface area (Å²) in [4.78, 5) is 16.4. The van der Waals surface area contributed by atoms with Crippen molar-refractivity contribution in [2.75, 3.05) is 11.9 Å². The summed E-state index contributed by atoms with van der Waals surface area (Å²) in [5.74, 6) is -0.843. The number of para-hydroxylation sites is 1. The molecule has 0 bridgehead atoms. The topological polar surface area (TPSA) is 51.2 Å². The number of nitrogens with zero attached hydrogens (tertiary/aromatic N) is 1. The smallest absolute Gasteiger partial charge is 0.341 e. The molecule has 0 fully saturated rings. The lowest BCUT2D eigenvalue weighted by Crippen LogP contribution is -2.09. The van der Waals surface area contributed by atoms with Crippen molar-refractivity contribution in [1.82, 2.24) is 4.98 Å². The van der Waals surface area contributed by atoms with Gasteiger partial charge in [0.15, 0.2) is 0 Å². The third kappa shape index (κ3) is 3.13. The molecule has 5 heteroatoms. The number of carbonyl (C=O) groups excluding carboxylic acids is 1. The highest BCUT2D eigenvalue weighted by atomic mass is 19.1. The second-order valence-electron chi connectivity index (χ2n) is 4.92. The summed E-state index contributed by atoms with van der Waals surface area (Å²) >= 11 is 0. The zero-order chi connectivity index (χ0) is 16.2. The highest BCUT2D eigenvalue weighted by Crippen LogP contribution is 2.30. The van der Waals surface area contributed by atoms with Gasteiger partial charge in [0.05, 0.1) is 17.8 Å². The van der Waals surface area contributed by atoms with Crippen LogP contribution >= 0.6 is 0 Å². The lowest BCUT2D eigenvalue weighted by atomic mass is 10.1. The van der Waals surface area contributed by atoms with Gasteiger partial charge in [-0.25, -0.2) is 9.18 Å². The SMILES string of the molecule is CCOC(=O)c1cnc2cc(F)ccc2c1Nc1ccccc1. The van der Waals surface area contributed by atoms with Gasteiger partial charge in [0.1, 0.15) is 11.4 Å². The molecule has 23 heavy (non-hydrogen) atoms. The molecule has 0 aliphatic carbocycles. The highest BCUT2D eigenvalue weighted by molar-refractivity contribution is 6.06. The number of carbonyl (C=O) groups is 1. The lowest BCUT2D eigenvalue weighted by Gasteiger charge is -2.14. The molecule has 0 saturated carbocycles. The van der Waals surface area contributed by atoms with Gasteiger partial charge in [-0.3, -0.25) is 4.98 Å². The van der Waals surface area contributed by atoms with Crippen LogP contribution in [0, 0.1) is 5.82 Å². The van der Waals surface area contributed by atoms with Gasteiger partial charge in [-0.05, 0) is 31.2 Å². The van der Waals surface area contributed by atoms with E-state index >= 15 is 0 Å². The minimum atomic E-state index is -0.468. The number of hydrogen-bond acceptors (Lipinski definition) is 4. The number of fused-ring (bicyclic) bond motifs is 1. The Bertz CT molecular complexity index is 850. The van der Waals surface area contributed by atoms with Gasteiger partial charge < -0.3 is 10.1 Å². The molecule has 0 aliphatic heterocycles. The van der Waals surface area contributed by atoms with Crippen molar-refractivity contribution in [3.8, 4) is 0 Å². The number of hydrogen-bond donors (Lipinski definition) is 1. The first-order valence-corrected chi connectivity index (χ1v) is 7.26. The van der Waals surface area contributed by atoms with Crippen LogP contribution in [0.4, 0.5) is 15.8 Å². The van der Waals surface area contributed by atoms with E-state index in [4.69, 9.17) is 4.74 Å². The quantitative estimate of drug-likeness (QED) is 0.730. The van der Waals surface area contributed by atoms with Crippen molar-refractivity contribution in [2.24, 2.45) is 0 Å². The van der Waals surface area contributed by atoms with E-state index in [2.05, 4.69) is 10.3 Å². The molecule has 1 heterocycles. The Hall–Kier alpha value is -2.95. The zero-order valence-electron chi connectivity index (χ0n) is 12.5. The van der Waals surface area contributed by atoms with E-state index in [0.29, 0.717) is 22.2 Å². The fourth-order valence-corrected chi connectivity index (χ4v) is 2.33. The Balaban J connectivity index is 2.16. The molecule has 3 aromatic rings. The molecule has 116 valence electrons. The monoisotopic (exact) mass is 310 g/mol. The van der Waals surface area contributed by atoms with E-state index in [1.165, 1.54) is 18.3 Å². The van der Waals surface area contributed by atoms with E-state index in [1.54, 1.807) is 13.0 Å². The maximum Gasteiger partial charge on any atom is 0.341 e. The van der Waals surface area contributed by atoms with E-state index in [9.17, 15) is 9.18 Å². The Morgan fingerprint density at radius 1 is 1.22 bits per heavy atom. The Kier molecular flexibility index (Phi) is 4.19. The summed E-state index contributed by atoms with van der Waals surface area (Å²) in [5.41, 5.74) is 2.15. The molecule has 4 nitrogen and oxygen atoms in total. The van der Waals surface area contributed by atoms with Crippen LogP contribution in [0.1, 0.15) is 17.3 Å². The van der Waals surface area contributed by atoms with Crippen molar-refractivity contribution in [3.63, 3.8) is 0 Å². The fourth-order valence-electron chi connectivity index (χ4n) is 2.33. The molecule has 0 aliphatic rings. The maximum absolute atomic E-state index is 13.4. The Labute approximate surface area is 132 Å². The van der Waals surface area contributed by atoms with E-state index in [1.807, 2.05) is 30.3 Å². The molecule has 1 N–H and O–H groups in total. The number of ether oxygens (including phenoxy) is 1. The minimum Gasteiger partial charge on any atom is -0.462 e. The molecular weight excluding hydrogens is 295 g/mol. The van der Waals surface area contributed by atoms with Crippen molar-refractivity contribution >= 4 is 28.2 Å². The number of halogens is 1. The number of nitrogens with one attached hydrogen (secondary N) is 1. The molecule has 0 spiro atoms. The standard InChI is InChI=1S/C18H15FN2O2/c1-2-23-18(22)15-11-20-16-10-12(19)8-9-14(16)17(15)21-13-6-4-3-5-7-13/h3-11H,2H2,1H3,(H,20,21). The van der Waals surface area contributed by atoms with Crippen molar-refractivity contribution in [2.45, 2.75) is 6.92 Å². The predicted molar refractivity (Wildman–Crippen MR) is 87.4 cm³/mol.